The molecule has 166 valence electrons. The van der Waals surface area contributed by atoms with Crippen molar-refractivity contribution in [3.05, 3.63) is 23.8 Å². The van der Waals surface area contributed by atoms with Gasteiger partial charge in [0.15, 0.2) is 5.96 Å². The van der Waals surface area contributed by atoms with Crippen LogP contribution in [0.15, 0.2) is 23.2 Å². The molecule has 0 saturated carbocycles. The average Bonchev–Trinajstić information content (AvgIpc) is 2.96. The Morgan fingerprint density at radius 3 is 2.52 bits per heavy atom. The van der Waals surface area contributed by atoms with E-state index in [-0.39, 0.29) is 29.7 Å². The molecule has 0 amide bonds. The van der Waals surface area contributed by atoms with E-state index in [1.807, 2.05) is 0 Å². The highest BCUT2D eigenvalue weighted by Gasteiger charge is 2.12. The fraction of sp³-hybridized carbons (Fsp3) is 0.650. The first kappa shape index (κ1) is 25.7. The van der Waals surface area contributed by atoms with Crippen LogP contribution in [0.2, 0.25) is 0 Å². The zero-order valence-electron chi connectivity index (χ0n) is 17.3. The van der Waals surface area contributed by atoms with Gasteiger partial charge in [-0.25, -0.2) is 0 Å². The molecule has 2 rings (SSSR count). The lowest BCUT2D eigenvalue weighted by Crippen LogP contribution is -2.38. The predicted molar refractivity (Wildman–Crippen MR) is 123 cm³/mol. The summed E-state index contributed by atoms with van der Waals surface area (Å²) in [5, 5.41) is 6.42. The second-order valence-electron chi connectivity index (χ2n) is 6.81. The number of benzene rings is 1. The van der Waals surface area contributed by atoms with Crippen LogP contribution in [-0.2, 0) is 6.54 Å². The highest BCUT2D eigenvalue weighted by molar-refractivity contribution is 14.0. The lowest BCUT2D eigenvalue weighted by Gasteiger charge is -2.20. The van der Waals surface area contributed by atoms with Crippen LogP contribution < -0.4 is 20.1 Å². The van der Waals surface area contributed by atoms with Crippen molar-refractivity contribution in [2.75, 3.05) is 40.3 Å². The second kappa shape index (κ2) is 14.6. The minimum atomic E-state index is -2.87. The molecule has 6 nitrogen and oxygen atoms in total. The normalized spacial score (nSPS) is 15.4. The topological polar surface area (TPSA) is 58.1 Å². The van der Waals surface area contributed by atoms with Crippen LogP contribution in [0.4, 0.5) is 8.78 Å². The number of halogens is 3. The van der Waals surface area contributed by atoms with Crippen molar-refractivity contribution in [3.63, 3.8) is 0 Å². The Morgan fingerprint density at radius 1 is 1.17 bits per heavy atom. The average molecular weight is 526 g/mol. The van der Waals surface area contributed by atoms with Crippen LogP contribution in [0, 0.1) is 0 Å². The number of likely N-dealkylation sites (tertiary alicyclic amines) is 1. The maximum Gasteiger partial charge on any atom is 0.387 e. The Hall–Kier alpha value is -1.36. The van der Waals surface area contributed by atoms with Gasteiger partial charge < -0.3 is 25.0 Å². The van der Waals surface area contributed by atoms with Crippen molar-refractivity contribution in [1.82, 2.24) is 15.5 Å². The third kappa shape index (κ3) is 9.79. The first-order valence-electron chi connectivity index (χ1n) is 9.91. The fourth-order valence-corrected chi connectivity index (χ4v) is 3.30. The Kier molecular flexibility index (Phi) is 12.9. The Bertz CT molecular complexity index is 612. The van der Waals surface area contributed by atoms with E-state index in [1.54, 1.807) is 19.2 Å². The van der Waals surface area contributed by atoms with E-state index in [4.69, 9.17) is 4.74 Å². The molecule has 1 saturated heterocycles. The Morgan fingerprint density at radius 2 is 1.90 bits per heavy atom. The minimum absolute atomic E-state index is 0. The molecule has 2 N–H and O–H groups in total. The van der Waals surface area contributed by atoms with Crippen molar-refractivity contribution in [1.29, 1.82) is 0 Å². The van der Waals surface area contributed by atoms with Crippen molar-refractivity contribution >= 4 is 29.9 Å². The number of methoxy groups -OCH3 is 1. The van der Waals surface area contributed by atoms with E-state index < -0.39 is 6.61 Å². The van der Waals surface area contributed by atoms with E-state index >= 15 is 0 Å². The number of guanidine groups is 1. The van der Waals surface area contributed by atoms with Crippen molar-refractivity contribution in [2.24, 2.45) is 4.99 Å². The maximum atomic E-state index is 12.6. The number of aliphatic imine (C=N–C) groups is 1. The number of alkyl halides is 2. The van der Waals surface area contributed by atoms with Gasteiger partial charge in [0.2, 0.25) is 0 Å². The van der Waals surface area contributed by atoms with E-state index in [9.17, 15) is 8.78 Å². The molecule has 1 heterocycles. The van der Waals surface area contributed by atoms with Crippen LogP contribution in [-0.4, -0.2) is 57.8 Å². The smallest absolute Gasteiger partial charge is 0.387 e. The van der Waals surface area contributed by atoms with Gasteiger partial charge in [0.1, 0.15) is 11.5 Å². The number of hydrogen-bond donors (Lipinski definition) is 2. The third-order valence-electron chi connectivity index (χ3n) is 4.80. The van der Waals surface area contributed by atoms with Crippen LogP contribution in [0.25, 0.3) is 0 Å². The number of rotatable bonds is 9. The predicted octanol–water partition coefficient (Wildman–Crippen LogP) is 3.85. The largest absolute Gasteiger partial charge is 0.497 e. The highest BCUT2D eigenvalue weighted by atomic mass is 127. The molecule has 0 spiro atoms. The van der Waals surface area contributed by atoms with Crippen LogP contribution in [0.5, 0.6) is 11.5 Å². The SMILES string of the molecule is CN=C(NCCCN1CCCCCC1)NCc1cc(OC)ccc1OC(F)F.I. The van der Waals surface area contributed by atoms with Gasteiger partial charge in [-0.15, -0.1) is 24.0 Å². The monoisotopic (exact) mass is 526 g/mol. The fourth-order valence-electron chi connectivity index (χ4n) is 3.30. The first-order chi connectivity index (χ1) is 13.6. The lowest BCUT2D eigenvalue weighted by molar-refractivity contribution is -0.0504. The molecule has 0 unspecified atom stereocenters. The van der Waals surface area contributed by atoms with Crippen molar-refractivity contribution in [2.45, 2.75) is 45.3 Å². The van der Waals surface area contributed by atoms with Crippen molar-refractivity contribution < 1.29 is 18.3 Å². The standard InChI is InChI=1S/C20H32F2N4O2.HI/c1-23-20(24-10-7-13-26-11-5-3-4-6-12-26)25-15-16-14-17(27-2)8-9-18(16)28-19(21)22;/h8-9,14,19H,3-7,10-13,15H2,1-2H3,(H2,23,24,25);1H. The summed E-state index contributed by atoms with van der Waals surface area (Å²) in [7, 11) is 3.22. The summed E-state index contributed by atoms with van der Waals surface area (Å²) in [6.45, 7) is 1.68. The lowest BCUT2D eigenvalue weighted by atomic mass is 10.2. The number of nitrogens with zero attached hydrogens (tertiary/aromatic N) is 2. The zero-order valence-corrected chi connectivity index (χ0v) is 19.6. The molecule has 29 heavy (non-hydrogen) atoms. The molecule has 0 aromatic heterocycles. The first-order valence-corrected chi connectivity index (χ1v) is 9.91. The summed E-state index contributed by atoms with van der Waals surface area (Å²) in [6, 6.07) is 4.76. The molecule has 9 heteroatoms. The molecule has 1 aromatic rings. The van der Waals surface area contributed by atoms with Gasteiger partial charge in [-0.2, -0.15) is 8.78 Å². The Balaban J connectivity index is 0.00000420. The molecule has 1 aromatic carbocycles. The summed E-state index contributed by atoms with van der Waals surface area (Å²) >= 11 is 0. The van der Waals surface area contributed by atoms with Crippen LogP contribution >= 0.6 is 24.0 Å². The molecule has 0 atom stereocenters. The summed E-state index contributed by atoms with van der Waals surface area (Å²) in [4.78, 5) is 6.72. The summed E-state index contributed by atoms with van der Waals surface area (Å²) < 4.78 is 35.0. The molecule has 1 fully saturated rings. The molecule has 0 bridgehead atoms. The molecule has 0 radical (unpaired) electrons. The van der Waals surface area contributed by atoms with Crippen LogP contribution in [0.3, 0.4) is 0 Å². The number of nitrogens with one attached hydrogen (secondary N) is 2. The molecular weight excluding hydrogens is 493 g/mol. The van der Waals surface area contributed by atoms with E-state index in [2.05, 4.69) is 25.3 Å². The minimum Gasteiger partial charge on any atom is -0.497 e. The van der Waals surface area contributed by atoms with Gasteiger partial charge in [-0.3, -0.25) is 4.99 Å². The second-order valence-corrected chi connectivity index (χ2v) is 6.81. The van der Waals surface area contributed by atoms with Gasteiger partial charge in [0.05, 0.1) is 7.11 Å². The van der Waals surface area contributed by atoms with E-state index in [1.165, 1.54) is 51.9 Å². The van der Waals surface area contributed by atoms with Gasteiger partial charge >= 0.3 is 6.61 Å². The zero-order chi connectivity index (χ0) is 20.2. The quantitative estimate of drug-likeness (QED) is 0.222. The van der Waals surface area contributed by atoms with Gasteiger partial charge in [0.25, 0.3) is 0 Å². The van der Waals surface area contributed by atoms with Gasteiger partial charge in [0, 0.05) is 25.7 Å². The summed E-state index contributed by atoms with van der Waals surface area (Å²) in [5.41, 5.74) is 0.576. The highest BCUT2D eigenvalue weighted by Crippen LogP contribution is 2.25. The summed E-state index contributed by atoms with van der Waals surface area (Å²) in [6.07, 6.45) is 6.29. The van der Waals surface area contributed by atoms with E-state index in [0.29, 0.717) is 23.8 Å². The van der Waals surface area contributed by atoms with E-state index in [0.717, 1.165) is 19.5 Å². The van der Waals surface area contributed by atoms with Gasteiger partial charge in [-0.05, 0) is 57.1 Å². The maximum absolute atomic E-state index is 12.6. The molecule has 1 aliphatic rings. The Labute approximate surface area is 189 Å². The molecule has 0 aliphatic carbocycles. The van der Waals surface area contributed by atoms with Crippen molar-refractivity contribution in [3.8, 4) is 11.5 Å². The van der Waals surface area contributed by atoms with Crippen LogP contribution in [0.1, 0.15) is 37.7 Å². The number of ether oxygens (including phenoxy) is 2. The summed E-state index contributed by atoms with van der Waals surface area (Å²) in [5.74, 6) is 1.33. The third-order valence-corrected chi connectivity index (χ3v) is 4.80. The number of hydrogen-bond acceptors (Lipinski definition) is 4. The van der Waals surface area contributed by atoms with Gasteiger partial charge in [-0.1, -0.05) is 12.8 Å². The molecular formula is C20H33F2IN4O2. The molecule has 1 aliphatic heterocycles.